The summed E-state index contributed by atoms with van der Waals surface area (Å²) in [6, 6.07) is -0.0640. The number of hydrogen-bond donors (Lipinski definition) is 1. The molecule has 0 aliphatic carbocycles. The minimum Gasteiger partial charge on any atom is -0.453 e. The van der Waals surface area contributed by atoms with Crippen LogP contribution in [-0.4, -0.2) is 51.4 Å². The third-order valence-electron chi connectivity index (χ3n) is 2.65. The van der Waals surface area contributed by atoms with Crippen LogP contribution < -0.4 is 4.72 Å². The highest BCUT2D eigenvalue weighted by atomic mass is 32.2. The van der Waals surface area contributed by atoms with Crippen LogP contribution >= 0.6 is 0 Å². The summed E-state index contributed by atoms with van der Waals surface area (Å²) in [5.41, 5.74) is 0. The predicted molar refractivity (Wildman–Crippen MR) is 59.6 cm³/mol. The number of amides is 1. The molecule has 0 unspecified atom stereocenters. The van der Waals surface area contributed by atoms with Crippen molar-refractivity contribution < 1.29 is 17.9 Å². The zero-order valence-corrected chi connectivity index (χ0v) is 10.4. The van der Waals surface area contributed by atoms with E-state index in [-0.39, 0.29) is 17.9 Å². The van der Waals surface area contributed by atoms with Crippen molar-refractivity contribution in [1.82, 2.24) is 9.62 Å². The number of carbonyl (C=O) groups excluding carboxylic acids is 1. The van der Waals surface area contributed by atoms with E-state index in [1.807, 2.05) is 0 Å². The van der Waals surface area contributed by atoms with Crippen LogP contribution in [0.3, 0.4) is 0 Å². The van der Waals surface area contributed by atoms with Gasteiger partial charge in [-0.2, -0.15) is 0 Å². The van der Waals surface area contributed by atoms with Crippen molar-refractivity contribution in [2.45, 2.75) is 25.8 Å². The maximum atomic E-state index is 11.3. The lowest BCUT2D eigenvalue weighted by molar-refractivity contribution is 0.111. The van der Waals surface area contributed by atoms with Crippen molar-refractivity contribution in [1.29, 1.82) is 0 Å². The summed E-state index contributed by atoms with van der Waals surface area (Å²) in [4.78, 5) is 12.8. The van der Waals surface area contributed by atoms with E-state index >= 15 is 0 Å². The summed E-state index contributed by atoms with van der Waals surface area (Å²) in [5, 5.41) is 0. The van der Waals surface area contributed by atoms with Gasteiger partial charge in [-0.1, -0.05) is 0 Å². The topological polar surface area (TPSA) is 75.7 Å². The van der Waals surface area contributed by atoms with Gasteiger partial charge in [-0.05, 0) is 19.8 Å². The molecule has 0 bridgehead atoms. The van der Waals surface area contributed by atoms with Crippen LogP contribution in [0.2, 0.25) is 0 Å². The van der Waals surface area contributed by atoms with E-state index in [0.29, 0.717) is 25.9 Å². The van der Waals surface area contributed by atoms with Crippen molar-refractivity contribution >= 4 is 16.1 Å². The molecule has 7 heteroatoms. The minimum absolute atomic E-state index is 0.0640. The minimum atomic E-state index is -3.15. The van der Waals surface area contributed by atoms with E-state index in [9.17, 15) is 13.2 Å². The Bertz CT molecular complexity index is 333. The first-order valence-corrected chi connectivity index (χ1v) is 6.96. The first kappa shape index (κ1) is 13.2. The molecule has 0 saturated carbocycles. The first-order chi connectivity index (χ1) is 7.48. The van der Waals surface area contributed by atoms with Gasteiger partial charge in [0.05, 0.1) is 12.9 Å². The van der Waals surface area contributed by atoms with Crippen LogP contribution in [0.5, 0.6) is 0 Å². The lowest BCUT2D eigenvalue weighted by Crippen LogP contribution is -2.46. The third kappa shape index (κ3) is 3.64. The molecule has 1 N–H and O–H groups in total. The number of carbonyl (C=O) groups is 1. The van der Waals surface area contributed by atoms with Gasteiger partial charge in [0.2, 0.25) is 10.0 Å². The maximum absolute atomic E-state index is 11.3. The van der Waals surface area contributed by atoms with Crippen LogP contribution in [0.4, 0.5) is 4.79 Å². The molecule has 1 saturated heterocycles. The van der Waals surface area contributed by atoms with Gasteiger partial charge in [0, 0.05) is 19.1 Å². The molecule has 94 valence electrons. The normalized spacial score (nSPS) is 18.5. The van der Waals surface area contributed by atoms with Gasteiger partial charge in [-0.25, -0.2) is 17.9 Å². The number of ether oxygens (including phenoxy) is 1. The molecule has 1 fully saturated rings. The Balaban J connectivity index is 2.41. The third-order valence-corrected chi connectivity index (χ3v) is 4.11. The van der Waals surface area contributed by atoms with Crippen LogP contribution in [0.25, 0.3) is 0 Å². The zero-order chi connectivity index (χ0) is 12.2. The van der Waals surface area contributed by atoms with E-state index in [4.69, 9.17) is 0 Å². The summed E-state index contributed by atoms with van der Waals surface area (Å²) >= 11 is 0. The SMILES string of the molecule is CCS(=O)(=O)NC1CCN(C(=O)OC)CC1. The number of nitrogens with one attached hydrogen (secondary N) is 1. The molecule has 0 aromatic heterocycles. The lowest BCUT2D eigenvalue weighted by atomic mass is 10.1. The number of hydrogen-bond acceptors (Lipinski definition) is 4. The fraction of sp³-hybridized carbons (Fsp3) is 0.889. The zero-order valence-electron chi connectivity index (χ0n) is 9.60. The number of sulfonamides is 1. The molecule has 1 aliphatic heterocycles. The number of nitrogens with zero attached hydrogens (tertiary/aromatic N) is 1. The second-order valence-corrected chi connectivity index (χ2v) is 5.80. The quantitative estimate of drug-likeness (QED) is 0.774. The summed E-state index contributed by atoms with van der Waals surface area (Å²) in [6.07, 6.45) is 0.916. The fourth-order valence-electron chi connectivity index (χ4n) is 1.65. The van der Waals surface area contributed by atoms with Gasteiger partial charge in [0.1, 0.15) is 0 Å². The molecule has 0 aromatic rings. The van der Waals surface area contributed by atoms with E-state index < -0.39 is 10.0 Å². The van der Waals surface area contributed by atoms with Gasteiger partial charge in [0.15, 0.2) is 0 Å². The molecule has 16 heavy (non-hydrogen) atoms. The Morgan fingerprint density at radius 2 is 2.00 bits per heavy atom. The van der Waals surface area contributed by atoms with Crippen molar-refractivity contribution in [3.8, 4) is 0 Å². The molecule has 0 spiro atoms. The van der Waals surface area contributed by atoms with E-state index in [1.54, 1.807) is 11.8 Å². The van der Waals surface area contributed by atoms with Crippen LogP contribution in [0.15, 0.2) is 0 Å². The van der Waals surface area contributed by atoms with Crippen LogP contribution in [0, 0.1) is 0 Å². The summed E-state index contributed by atoms with van der Waals surface area (Å²) in [6.45, 7) is 2.67. The highest BCUT2D eigenvalue weighted by molar-refractivity contribution is 7.89. The molecule has 1 rings (SSSR count). The van der Waals surface area contributed by atoms with Crippen molar-refractivity contribution in [3.63, 3.8) is 0 Å². The Morgan fingerprint density at radius 1 is 1.44 bits per heavy atom. The van der Waals surface area contributed by atoms with E-state index in [1.165, 1.54) is 7.11 Å². The van der Waals surface area contributed by atoms with Crippen LogP contribution in [-0.2, 0) is 14.8 Å². The molecular weight excluding hydrogens is 232 g/mol. The van der Waals surface area contributed by atoms with Gasteiger partial charge in [0.25, 0.3) is 0 Å². The number of piperidine rings is 1. The average Bonchev–Trinajstić information content (AvgIpc) is 2.28. The molecule has 6 nitrogen and oxygen atoms in total. The summed E-state index contributed by atoms with van der Waals surface area (Å²) < 4.78 is 29.9. The second-order valence-electron chi connectivity index (χ2n) is 3.75. The molecule has 1 amide bonds. The Kier molecular flexibility index (Phi) is 4.55. The lowest BCUT2D eigenvalue weighted by Gasteiger charge is -2.31. The molecule has 1 heterocycles. The average molecular weight is 250 g/mol. The first-order valence-electron chi connectivity index (χ1n) is 5.31. The van der Waals surface area contributed by atoms with E-state index in [0.717, 1.165) is 0 Å². The maximum Gasteiger partial charge on any atom is 0.409 e. The van der Waals surface area contributed by atoms with Gasteiger partial charge < -0.3 is 9.64 Å². The van der Waals surface area contributed by atoms with Crippen LogP contribution in [0.1, 0.15) is 19.8 Å². The standard InChI is InChI=1S/C9H18N2O4S/c1-3-16(13,14)10-8-4-6-11(7-5-8)9(12)15-2/h8,10H,3-7H2,1-2H3. The van der Waals surface area contributed by atoms with Crippen molar-refractivity contribution in [2.24, 2.45) is 0 Å². The molecule has 0 aromatic carbocycles. The largest absolute Gasteiger partial charge is 0.453 e. The van der Waals surface area contributed by atoms with Crippen molar-refractivity contribution in [3.05, 3.63) is 0 Å². The smallest absolute Gasteiger partial charge is 0.409 e. The Hall–Kier alpha value is -0.820. The molecular formula is C9H18N2O4S. The summed E-state index contributed by atoms with van der Waals surface area (Å²) in [7, 11) is -1.81. The monoisotopic (exact) mass is 250 g/mol. The predicted octanol–water partition coefficient (Wildman–Crippen LogP) is 0.157. The highest BCUT2D eigenvalue weighted by Gasteiger charge is 2.25. The Labute approximate surface area is 96.0 Å². The second kappa shape index (κ2) is 5.49. The summed E-state index contributed by atoms with van der Waals surface area (Å²) in [5.74, 6) is 0.0875. The molecule has 0 atom stereocenters. The highest BCUT2D eigenvalue weighted by Crippen LogP contribution is 2.12. The van der Waals surface area contributed by atoms with Crippen molar-refractivity contribution in [2.75, 3.05) is 26.0 Å². The Morgan fingerprint density at radius 3 is 2.44 bits per heavy atom. The van der Waals surface area contributed by atoms with Gasteiger partial charge in [-0.3, -0.25) is 0 Å². The molecule has 0 radical (unpaired) electrons. The number of methoxy groups -OCH3 is 1. The number of likely N-dealkylation sites (tertiary alicyclic amines) is 1. The van der Waals surface area contributed by atoms with Gasteiger partial charge in [-0.15, -0.1) is 0 Å². The number of rotatable bonds is 3. The fourth-order valence-corrected chi connectivity index (χ4v) is 2.56. The van der Waals surface area contributed by atoms with E-state index in [2.05, 4.69) is 9.46 Å². The molecule has 1 aliphatic rings. The van der Waals surface area contributed by atoms with Gasteiger partial charge >= 0.3 is 6.09 Å².